The van der Waals surface area contributed by atoms with Gasteiger partial charge >= 0.3 is 0 Å². The largest absolute Gasteiger partial charge is 0.342 e. The Labute approximate surface area is 122 Å². The molecule has 5 aliphatic carbocycles. The van der Waals surface area contributed by atoms with E-state index in [1.54, 1.807) is 0 Å². The predicted molar refractivity (Wildman–Crippen MR) is 78.0 cm³/mol. The lowest BCUT2D eigenvalue weighted by atomic mass is 9.73. The van der Waals surface area contributed by atoms with Gasteiger partial charge in [-0.2, -0.15) is 0 Å². The standard InChI is InChI=1S/C18H27NO/c20-17(18-9-14-7-16(18)8-15(14)10-18)19-6-5-12-3-1-2-4-13(12)11-19/h12-16H,1-11H2. The SMILES string of the molecule is O=C(N1CCC2CCCCC2C1)C12CC3CC1CC3C2. The van der Waals surface area contributed by atoms with Crippen molar-refractivity contribution in [2.75, 3.05) is 13.1 Å². The Morgan fingerprint density at radius 1 is 0.900 bits per heavy atom. The molecule has 1 amide bonds. The Bertz CT molecular complexity index is 431. The number of fused-ring (bicyclic) bond motifs is 1. The molecule has 4 atom stereocenters. The minimum absolute atomic E-state index is 0.136. The minimum atomic E-state index is 0.136. The van der Waals surface area contributed by atoms with Crippen LogP contribution in [0.1, 0.15) is 57.8 Å². The number of piperidine rings is 1. The molecule has 110 valence electrons. The summed E-state index contributed by atoms with van der Waals surface area (Å²) in [7, 11) is 0. The highest BCUT2D eigenvalue weighted by Crippen LogP contribution is 2.70. The van der Waals surface area contributed by atoms with Crippen molar-refractivity contribution in [3.63, 3.8) is 0 Å². The smallest absolute Gasteiger partial charge is 0.229 e. The van der Waals surface area contributed by atoms with Gasteiger partial charge in [-0.3, -0.25) is 4.79 Å². The van der Waals surface area contributed by atoms with Gasteiger partial charge in [0.15, 0.2) is 0 Å². The zero-order valence-corrected chi connectivity index (χ0v) is 12.5. The second kappa shape index (κ2) is 4.01. The predicted octanol–water partition coefficient (Wildman–Crippen LogP) is 3.46. The van der Waals surface area contributed by atoms with E-state index < -0.39 is 0 Å². The summed E-state index contributed by atoms with van der Waals surface area (Å²) < 4.78 is 0. The highest BCUT2D eigenvalue weighted by atomic mass is 16.2. The highest BCUT2D eigenvalue weighted by Gasteiger charge is 2.67. The third kappa shape index (κ3) is 1.43. The molecule has 20 heavy (non-hydrogen) atoms. The maximum absolute atomic E-state index is 13.2. The van der Waals surface area contributed by atoms with E-state index in [0.29, 0.717) is 5.91 Å². The summed E-state index contributed by atoms with van der Waals surface area (Å²) in [5.74, 6) is 5.00. The van der Waals surface area contributed by atoms with Crippen LogP contribution in [0.2, 0.25) is 0 Å². The summed E-state index contributed by atoms with van der Waals surface area (Å²) >= 11 is 0. The summed E-state index contributed by atoms with van der Waals surface area (Å²) in [4.78, 5) is 15.5. The summed E-state index contributed by atoms with van der Waals surface area (Å²) in [5.41, 5.74) is 0.136. The second-order valence-electron chi connectivity index (χ2n) is 8.60. The third-order valence-electron chi connectivity index (χ3n) is 7.88. The molecule has 2 nitrogen and oxygen atoms in total. The summed E-state index contributed by atoms with van der Waals surface area (Å²) in [5, 5.41) is 0. The first-order valence-electron chi connectivity index (χ1n) is 9.06. The second-order valence-corrected chi connectivity index (χ2v) is 8.60. The van der Waals surface area contributed by atoms with Crippen molar-refractivity contribution in [2.45, 2.75) is 57.8 Å². The highest BCUT2D eigenvalue weighted by molar-refractivity contribution is 5.85. The molecule has 4 bridgehead atoms. The van der Waals surface area contributed by atoms with E-state index >= 15 is 0 Å². The van der Waals surface area contributed by atoms with Crippen LogP contribution in [0.25, 0.3) is 0 Å². The van der Waals surface area contributed by atoms with Crippen molar-refractivity contribution in [3.8, 4) is 0 Å². The lowest BCUT2D eigenvalue weighted by molar-refractivity contribution is -0.146. The Kier molecular flexibility index (Phi) is 2.42. The van der Waals surface area contributed by atoms with Gasteiger partial charge in [0.05, 0.1) is 5.41 Å². The molecule has 1 heterocycles. The fourth-order valence-electron chi connectivity index (χ4n) is 6.97. The van der Waals surface area contributed by atoms with Crippen molar-refractivity contribution >= 4 is 5.91 Å². The molecule has 6 aliphatic rings. The van der Waals surface area contributed by atoms with Gasteiger partial charge in [-0.25, -0.2) is 0 Å². The molecule has 0 radical (unpaired) electrons. The molecule has 0 aromatic rings. The minimum Gasteiger partial charge on any atom is -0.342 e. The summed E-state index contributed by atoms with van der Waals surface area (Å²) in [6.07, 6.45) is 12.2. The summed E-state index contributed by atoms with van der Waals surface area (Å²) in [6.45, 7) is 2.18. The van der Waals surface area contributed by atoms with E-state index in [4.69, 9.17) is 0 Å². The van der Waals surface area contributed by atoms with Gasteiger partial charge in [-0.05, 0) is 68.1 Å². The zero-order chi connectivity index (χ0) is 13.3. The van der Waals surface area contributed by atoms with Crippen LogP contribution in [-0.4, -0.2) is 23.9 Å². The quantitative estimate of drug-likeness (QED) is 0.716. The number of carbonyl (C=O) groups excluding carboxylic acids is 1. The van der Waals surface area contributed by atoms with Crippen LogP contribution >= 0.6 is 0 Å². The van der Waals surface area contributed by atoms with Gasteiger partial charge in [-0.1, -0.05) is 19.3 Å². The first-order valence-corrected chi connectivity index (χ1v) is 9.06. The van der Waals surface area contributed by atoms with E-state index in [2.05, 4.69) is 4.90 Å². The van der Waals surface area contributed by atoms with Crippen molar-refractivity contribution in [1.29, 1.82) is 0 Å². The van der Waals surface area contributed by atoms with E-state index in [9.17, 15) is 4.79 Å². The molecule has 6 fully saturated rings. The topological polar surface area (TPSA) is 20.3 Å². The van der Waals surface area contributed by atoms with Gasteiger partial charge in [0.25, 0.3) is 0 Å². The van der Waals surface area contributed by atoms with Crippen molar-refractivity contribution < 1.29 is 4.79 Å². The Balaban J connectivity index is 1.35. The van der Waals surface area contributed by atoms with Crippen LogP contribution < -0.4 is 0 Å². The molecule has 4 unspecified atom stereocenters. The maximum Gasteiger partial charge on any atom is 0.229 e. The Hall–Kier alpha value is -0.530. The molecule has 0 aromatic carbocycles. The molecular weight excluding hydrogens is 246 g/mol. The average Bonchev–Trinajstić information content (AvgIpc) is 3.20. The fourth-order valence-corrected chi connectivity index (χ4v) is 6.97. The molecule has 1 saturated heterocycles. The molecule has 2 heteroatoms. The number of hydrogen-bond acceptors (Lipinski definition) is 1. The van der Waals surface area contributed by atoms with Gasteiger partial charge in [0.1, 0.15) is 0 Å². The Morgan fingerprint density at radius 2 is 1.60 bits per heavy atom. The molecule has 0 aromatic heterocycles. The van der Waals surface area contributed by atoms with Crippen molar-refractivity contribution in [3.05, 3.63) is 0 Å². The van der Waals surface area contributed by atoms with Crippen molar-refractivity contribution in [2.24, 2.45) is 35.0 Å². The van der Waals surface area contributed by atoms with Crippen LogP contribution in [0.3, 0.4) is 0 Å². The van der Waals surface area contributed by atoms with Crippen molar-refractivity contribution in [1.82, 2.24) is 4.90 Å². The monoisotopic (exact) mass is 273 g/mol. The number of carbonyl (C=O) groups is 1. The van der Waals surface area contributed by atoms with E-state index in [1.807, 2.05) is 0 Å². The maximum atomic E-state index is 13.2. The molecule has 5 saturated carbocycles. The van der Waals surface area contributed by atoms with E-state index in [0.717, 1.165) is 42.7 Å². The molecule has 6 rings (SSSR count). The van der Waals surface area contributed by atoms with Crippen LogP contribution in [0, 0.1) is 35.0 Å². The van der Waals surface area contributed by atoms with Gasteiger partial charge < -0.3 is 4.90 Å². The number of rotatable bonds is 1. The van der Waals surface area contributed by atoms with Gasteiger partial charge in [0.2, 0.25) is 5.91 Å². The van der Waals surface area contributed by atoms with Gasteiger partial charge in [0, 0.05) is 13.1 Å². The Morgan fingerprint density at radius 3 is 2.25 bits per heavy atom. The average molecular weight is 273 g/mol. The lowest BCUT2D eigenvalue weighted by Crippen LogP contribution is -2.50. The lowest BCUT2D eigenvalue weighted by Gasteiger charge is -2.44. The fraction of sp³-hybridized carbons (Fsp3) is 0.944. The third-order valence-corrected chi connectivity index (χ3v) is 7.88. The van der Waals surface area contributed by atoms with E-state index in [1.165, 1.54) is 57.8 Å². The van der Waals surface area contributed by atoms with Crippen LogP contribution in [0.15, 0.2) is 0 Å². The summed E-state index contributed by atoms with van der Waals surface area (Å²) in [6, 6.07) is 0. The first kappa shape index (κ1) is 12.1. The molecule has 0 spiro atoms. The zero-order valence-electron chi connectivity index (χ0n) is 12.5. The van der Waals surface area contributed by atoms with Crippen LogP contribution in [-0.2, 0) is 4.79 Å². The number of nitrogens with zero attached hydrogens (tertiary/aromatic N) is 1. The van der Waals surface area contributed by atoms with E-state index in [-0.39, 0.29) is 5.41 Å². The van der Waals surface area contributed by atoms with Crippen LogP contribution in [0.4, 0.5) is 0 Å². The normalized spacial score (nSPS) is 52.6. The molecular formula is C18H27NO. The van der Waals surface area contributed by atoms with Gasteiger partial charge in [-0.15, -0.1) is 0 Å². The molecule has 0 N–H and O–H groups in total. The number of amides is 1. The molecule has 1 aliphatic heterocycles. The number of hydrogen-bond donors (Lipinski definition) is 0. The number of likely N-dealkylation sites (tertiary alicyclic amines) is 1. The van der Waals surface area contributed by atoms with Crippen LogP contribution in [0.5, 0.6) is 0 Å². The first-order chi connectivity index (χ1) is 9.76.